The van der Waals surface area contributed by atoms with E-state index in [1.54, 1.807) is 0 Å². The molecule has 2 aromatic carbocycles. The van der Waals surface area contributed by atoms with E-state index in [9.17, 15) is 0 Å². The Labute approximate surface area is 112 Å². The molecule has 3 heteroatoms. The average molecular weight is 262 g/mol. The van der Waals surface area contributed by atoms with Crippen LogP contribution in [0.15, 0.2) is 48.5 Å². The van der Waals surface area contributed by atoms with Crippen LogP contribution in [-0.4, -0.2) is 0 Å². The van der Waals surface area contributed by atoms with Gasteiger partial charge < -0.3 is 10.5 Å². The maximum absolute atomic E-state index is 5.83. The number of hydrogen-bond donors (Lipinski definition) is 1. The van der Waals surface area contributed by atoms with Gasteiger partial charge in [0, 0.05) is 11.6 Å². The van der Waals surface area contributed by atoms with Crippen molar-refractivity contribution in [3.8, 4) is 0 Å². The second kappa shape index (κ2) is 6.55. The monoisotopic (exact) mass is 261 g/mol. The van der Waals surface area contributed by atoms with Crippen LogP contribution >= 0.6 is 11.6 Å². The number of nitrogens with two attached hydrogens (primary N) is 1. The zero-order chi connectivity index (χ0) is 12.8. The minimum Gasteiger partial charge on any atom is -0.372 e. The van der Waals surface area contributed by atoms with E-state index < -0.39 is 0 Å². The number of ether oxygens (including phenoxy) is 1. The third-order valence-corrected chi connectivity index (χ3v) is 3.03. The van der Waals surface area contributed by atoms with Gasteiger partial charge in [0.15, 0.2) is 0 Å². The summed E-state index contributed by atoms with van der Waals surface area (Å²) in [5.74, 6) is 0. The highest BCUT2D eigenvalue weighted by Gasteiger charge is 2.00. The summed E-state index contributed by atoms with van der Waals surface area (Å²) in [5, 5.41) is 0.743. The van der Waals surface area contributed by atoms with Crippen LogP contribution in [0.2, 0.25) is 5.02 Å². The smallest absolute Gasteiger partial charge is 0.0724 e. The first-order chi connectivity index (χ1) is 8.79. The van der Waals surface area contributed by atoms with E-state index in [0.29, 0.717) is 19.8 Å². The molecule has 0 amide bonds. The average Bonchev–Trinajstić information content (AvgIpc) is 2.41. The molecule has 0 aliphatic rings. The van der Waals surface area contributed by atoms with Gasteiger partial charge in [0.05, 0.1) is 13.2 Å². The molecule has 0 saturated carbocycles. The highest BCUT2D eigenvalue weighted by atomic mass is 35.5. The molecule has 0 saturated heterocycles. The van der Waals surface area contributed by atoms with Crippen LogP contribution in [0.3, 0.4) is 0 Å². The zero-order valence-corrected chi connectivity index (χ0v) is 10.9. The third kappa shape index (κ3) is 3.57. The maximum Gasteiger partial charge on any atom is 0.0724 e. The number of rotatable bonds is 5. The molecule has 2 N–H and O–H groups in total. The highest BCUT2D eigenvalue weighted by molar-refractivity contribution is 6.30. The van der Waals surface area contributed by atoms with Gasteiger partial charge in [0.25, 0.3) is 0 Å². The van der Waals surface area contributed by atoms with E-state index in [2.05, 4.69) is 0 Å². The molecule has 2 rings (SSSR count). The second-order valence-electron chi connectivity index (χ2n) is 4.09. The van der Waals surface area contributed by atoms with Crippen LogP contribution in [0.1, 0.15) is 16.7 Å². The second-order valence-corrected chi connectivity index (χ2v) is 4.53. The molecule has 0 aliphatic heterocycles. The molecule has 0 aliphatic carbocycles. The molecule has 0 radical (unpaired) electrons. The Balaban J connectivity index is 1.90. The predicted molar refractivity (Wildman–Crippen MR) is 74.3 cm³/mol. The fraction of sp³-hybridized carbons (Fsp3) is 0.200. The fourth-order valence-corrected chi connectivity index (χ4v) is 1.88. The van der Waals surface area contributed by atoms with Crippen molar-refractivity contribution < 1.29 is 4.74 Å². The number of hydrogen-bond acceptors (Lipinski definition) is 2. The molecule has 0 fully saturated rings. The standard InChI is InChI=1S/C15H16ClNO/c16-15-7-5-12(6-8-15)10-18-11-14-4-2-1-3-13(14)9-17/h1-8H,9-11,17H2. The summed E-state index contributed by atoms with van der Waals surface area (Å²) in [4.78, 5) is 0. The third-order valence-electron chi connectivity index (χ3n) is 2.78. The van der Waals surface area contributed by atoms with Crippen molar-refractivity contribution in [2.75, 3.05) is 0 Å². The molecule has 2 aromatic rings. The van der Waals surface area contributed by atoms with E-state index in [4.69, 9.17) is 22.1 Å². The van der Waals surface area contributed by atoms with Gasteiger partial charge in [0.1, 0.15) is 0 Å². The van der Waals surface area contributed by atoms with E-state index in [-0.39, 0.29) is 0 Å². The van der Waals surface area contributed by atoms with Crippen LogP contribution in [0, 0.1) is 0 Å². The van der Waals surface area contributed by atoms with E-state index >= 15 is 0 Å². The molecular formula is C15H16ClNO. The lowest BCUT2D eigenvalue weighted by molar-refractivity contribution is 0.106. The van der Waals surface area contributed by atoms with E-state index in [1.165, 1.54) is 0 Å². The SMILES string of the molecule is NCc1ccccc1COCc1ccc(Cl)cc1. The van der Waals surface area contributed by atoms with E-state index in [1.807, 2.05) is 48.5 Å². The molecule has 2 nitrogen and oxygen atoms in total. The first-order valence-electron chi connectivity index (χ1n) is 5.88. The summed E-state index contributed by atoms with van der Waals surface area (Å²) in [7, 11) is 0. The molecular weight excluding hydrogens is 246 g/mol. The summed E-state index contributed by atoms with van der Waals surface area (Å²) >= 11 is 5.83. The van der Waals surface area contributed by atoms with Crippen molar-refractivity contribution in [2.45, 2.75) is 19.8 Å². The molecule has 0 spiro atoms. The van der Waals surface area contributed by atoms with Crippen molar-refractivity contribution in [2.24, 2.45) is 5.73 Å². The number of benzene rings is 2. The summed E-state index contributed by atoms with van der Waals surface area (Å²) in [6, 6.07) is 15.7. The minimum atomic E-state index is 0.542. The largest absolute Gasteiger partial charge is 0.372 e. The minimum absolute atomic E-state index is 0.542. The quantitative estimate of drug-likeness (QED) is 0.894. The van der Waals surface area contributed by atoms with Crippen LogP contribution in [-0.2, 0) is 24.5 Å². The molecule has 0 unspecified atom stereocenters. The van der Waals surface area contributed by atoms with Gasteiger partial charge in [-0.1, -0.05) is 48.0 Å². The summed E-state index contributed by atoms with van der Waals surface area (Å²) in [5.41, 5.74) is 9.08. The topological polar surface area (TPSA) is 35.2 Å². The normalized spacial score (nSPS) is 10.6. The van der Waals surface area contributed by atoms with Gasteiger partial charge in [-0.25, -0.2) is 0 Å². The Morgan fingerprint density at radius 1 is 0.889 bits per heavy atom. The van der Waals surface area contributed by atoms with Crippen molar-refractivity contribution in [3.05, 3.63) is 70.2 Å². The van der Waals surface area contributed by atoms with Gasteiger partial charge in [0.2, 0.25) is 0 Å². The van der Waals surface area contributed by atoms with E-state index in [0.717, 1.165) is 21.7 Å². The lowest BCUT2D eigenvalue weighted by atomic mass is 10.1. The van der Waals surface area contributed by atoms with Crippen LogP contribution < -0.4 is 5.73 Å². The van der Waals surface area contributed by atoms with Crippen molar-refractivity contribution in [1.29, 1.82) is 0 Å². The Kier molecular flexibility index (Phi) is 4.76. The Morgan fingerprint density at radius 2 is 1.56 bits per heavy atom. The first kappa shape index (κ1) is 13.1. The van der Waals surface area contributed by atoms with Gasteiger partial charge in [-0.05, 0) is 28.8 Å². The highest BCUT2D eigenvalue weighted by Crippen LogP contribution is 2.13. The Morgan fingerprint density at radius 3 is 2.22 bits per heavy atom. The van der Waals surface area contributed by atoms with Crippen molar-refractivity contribution in [3.63, 3.8) is 0 Å². The maximum atomic E-state index is 5.83. The summed E-state index contributed by atoms with van der Waals surface area (Å²) in [6.45, 7) is 1.70. The van der Waals surface area contributed by atoms with Gasteiger partial charge in [-0.2, -0.15) is 0 Å². The lowest BCUT2D eigenvalue weighted by Gasteiger charge is -2.08. The first-order valence-corrected chi connectivity index (χ1v) is 6.26. The molecule has 18 heavy (non-hydrogen) atoms. The summed E-state index contributed by atoms with van der Waals surface area (Å²) in [6.07, 6.45) is 0. The molecule has 0 atom stereocenters. The van der Waals surface area contributed by atoms with Gasteiger partial charge in [-0.3, -0.25) is 0 Å². The molecule has 94 valence electrons. The molecule has 0 aromatic heterocycles. The fourth-order valence-electron chi connectivity index (χ4n) is 1.76. The van der Waals surface area contributed by atoms with Gasteiger partial charge >= 0.3 is 0 Å². The van der Waals surface area contributed by atoms with Crippen LogP contribution in [0.25, 0.3) is 0 Å². The predicted octanol–water partition coefficient (Wildman–Crippen LogP) is 3.52. The van der Waals surface area contributed by atoms with Crippen molar-refractivity contribution >= 4 is 11.6 Å². The Hall–Kier alpha value is -1.35. The van der Waals surface area contributed by atoms with Gasteiger partial charge in [-0.15, -0.1) is 0 Å². The van der Waals surface area contributed by atoms with Crippen molar-refractivity contribution in [1.82, 2.24) is 0 Å². The molecule has 0 heterocycles. The molecule has 0 bridgehead atoms. The lowest BCUT2D eigenvalue weighted by Crippen LogP contribution is -2.03. The zero-order valence-electron chi connectivity index (χ0n) is 10.1. The summed E-state index contributed by atoms with van der Waals surface area (Å²) < 4.78 is 5.69. The Bertz CT molecular complexity index is 496. The van der Waals surface area contributed by atoms with Crippen LogP contribution in [0.4, 0.5) is 0 Å². The van der Waals surface area contributed by atoms with Crippen LogP contribution in [0.5, 0.6) is 0 Å². The number of halogens is 1.